The molecule has 0 aromatic heterocycles. The maximum absolute atomic E-state index is 13.0. The molecule has 0 aliphatic heterocycles. The second kappa shape index (κ2) is 7.29. The second-order valence-corrected chi connectivity index (χ2v) is 13.2. The topological polar surface area (TPSA) is 86.7 Å². The van der Waals surface area contributed by atoms with E-state index in [4.69, 9.17) is 9.47 Å². The van der Waals surface area contributed by atoms with Gasteiger partial charge in [-0.25, -0.2) is 4.79 Å². The molecular weight excluding hydrogens is 444 g/mol. The molecule has 8 aliphatic carbocycles. The molecule has 8 atom stereocenters. The zero-order valence-corrected chi connectivity index (χ0v) is 20.7. The maximum atomic E-state index is 13.0. The second-order valence-electron chi connectivity index (χ2n) is 13.2. The number of carbonyl (C=O) groups excluding carboxylic acids is 4. The zero-order valence-electron chi connectivity index (χ0n) is 20.7. The average molecular weight is 481 g/mol. The molecule has 0 amide bonds. The Labute approximate surface area is 206 Å². The number of Topliss-reactive ketones (excluding diaryl/α,β-unsaturated/α-hetero) is 2. The van der Waals surface area contributed by atoms with E-state index in [0.717, 1.165) is 43.4 Å². The van der Waals surface area contributed by atoms with E-state index in [1.165, 1.54) is 19.3 Å². The lowest BCUT2D eigenvalue weighted by molar-refractivity contribution is -0.209. The van der Waals surface area contributed by atoms with Gasteiger partial charge in [0.1, 0.15) is 17.2 Å². The number of fused-ring (bicyclic) bond motifs is 9. The Bertz CT molecular complexity index is 1010. The molecule has 188 valence electrons. The highest BCUT2D eigenvalue weighted by Crippen LogP contribution is 2.66. The van der Waals surface area contributed by atoms with Gasteiger partial charge in [0.05, 0.1) is 5.92 Å². The molecule has 7 fully saturated rings. The first-order valence-electron chi connectivity index (χ1n) is 13.9. The third-order valence-electron chi connectivity index (χ3n) is 11.8. The largest absolute Gasteiger partial charge is 0.456 e. The van der Waals surface area contributed by atoms with E-state index < -0.39 is 36.0 Å². The van der Waals surface area contributed by atoms with Crippen LogP contribution in [-0.2, 0) is 28.7 Å². The summed E-state index contributed by atoms with van der Waals surface area (Å²) >= 11 is 0. The number of ketones is 2. The highest BCUT2D eigenvalue weighted by atomic mass is 16.6. The van der Waals surface area contributed by atoms with E-state index >= 15 is 0 Å². The monoisotopic (exact) mass is 480 g/mol. The lowest BCUT2D eigenvalue weighted by Crippen LogP contribution is -2.58. The molecule has 8 unspecified atom stereocenters. The summed E-state index contributed by atoms with van der Waals surface area (Å²) in [6.07, 6.45) is 12.5. The third-order valence-corrected chi connectivity index (χ3v) is 11.8. The minimum atomic E-state index is -0.544. The van der Waals surface area contributed by atoms with Crippen LogP contribution in [0.25, 0.3) is 0 Å². The number of rotatable bonds is 6. The molecule has 8 aliphatic rings. The maximum Gasteiger partial charge on any atom is 0.344 e. The van der Waals surface area contributed by atoms with E-state index in [9.17, 15) is 19.2 Å². The quantitative estimate of drug-likeness (QED) is 0.325. The number of hydrogen-bond donors (Lipinski definition) is 0. The van der Waals surface area contributed by atoms with E-state index in [-0.39, 0.29) is 46.6 Å². The third kappa shape index (κ3) is 2.88. The van der Waals surface area contributed by atoms with Crippen LogP contribution in [0.1, 0.15) is 65.2 Å². The standard InChI is InChI=1S/C29H36O6/c1-3-28(2,29-10-14-6-15(11-29)8-16(7-14)12-29)35-21(30)13-34-27(33)20-9-19-22-17-4-5-18(25(17)31)23(22)24(20)26(19)32/h4-5,14-20,22-24H,3,6-13H2,1-2H3. The zero-order chi connectivity index (χ0) is 24.3. The number of carbonyl (C=O) groups is 4. The highest BCUT2D eigenvalue weighted by molar-refractivity contribution is 6.01. The number of esters is 2. The van der Waals surface area contributed by atoms with Crippen molar-refractivity contribution in [2.45, 2.75) is 70.8 Å². The number of hydrogen-bond acceptors (Lipinski definition) is 6. The van der Waals surface area contributed by atoms with Gasteiger partial charge in [-0.3, -0.25) is 14.4 Å². The Hall–Kier alpha value is -1.98. The molecule has 0 saturated heterocycles. The summed E-state index contributed by atoms with van der Waals surface area (Å²) in [7, 11) is 0. The average Bonchev–Trinajstić information content (AvgIpc) is 3.52. The van der Waals surface area contributed by atoms with Gasteiger partial charge in [0.25, 0.3) is 0 Å². The van der Waals surface area contributed by atoms with Gasteiger partial charge in [-0.05, 0) is 87.9 Å². The molecule has 8 bridgehead atoms. The molecule has 35 heavy (non-hydrogen) atoms. The van der Waals surface area contributed by atoms with Gasteiger partial charge in [-0.15, -0.1) is 0 Å². The Morgan fingerprint density at radius 3 is 2.14 bits per heavy atom. The highest BCUT2D eigenvalue weighted by Gasteiger charge is 2.70. The van der Waals surface area contributed by atoms with Gasteiger partial charge in [0.2, 0.25) is 0 Å². The van der Waals surface area contributed by atoms with Crippen molar-refractivity contribution in [1.29, 1.82) is 0 Å². The lowest BCUT2D eigenvalue weighted by Gasteiger charge is -2.62. The van der Waals surface area contributed by atoms with Crippen LogP contribution in [0.5, 0.6) is 0 Å². The van der Waals surface area contributed by atoms with Crippen molar-refractivity contribution in [3.8, 4) is 0 Å². The van der Waals surface area contributed by atoms with Crippen molar-refractivity contribution in [3.63, 3.8) is 0 Å². The molecule has 0 spiro atoms. The van der Waals surface area contributed by atoms with Gasteiger partial charge in [-0.1, -0.05) is 19.1 Å². The molecule has 0 N–H and O–H groups in total. The minimum absolute atomic E-state index is 0.0457. The fourth-order valence-corrected chi connectivity index (χ4v) is 10.6. The normalized spacial score (nSPS) is 49.4. The van der Waals surface area contributed by atoms with Crippen molar-refractivity contribution in [2.75, 3.05) is 6.61 Å². The van der Waals surface area contributed by atoms with Crippen LogP contribution in [0.3, 0.4) is 0 Å². The Balaban J connectivity index is 1.01. The van der Waals surface area contributed by atoms with Gasteiger partial charge < -0.3 is 9.47 Å². The summed E-state index contributed by atoms with van der Waals surface area (Å²) in [5.41, 5.74) is -0.498. The molecule has 0 radical (unpaired) electrons. The van der Waals surface area contributed by atoms with Crippen molar-refractivity contribution in [1.82, 2.24) is 0 Å². The number of ether oxygens (including phenoxy) is 2. The molecule has 6 nitrogen and oxygen atoms in total. The van der Waals surface area contributed by atoms with Crippen molar-refractivity contribution in [2.24, 2.45) is 64.6 Å². The van der Waals surface area contributed by atoms with E-state index in [1.54, 1.807) is 0 Å². The first-order chi connectivity index (χ1) is 16.7. The fraction of sp³-hybridized carbons (Fsp3) is 0.793. The molecule has 6 heteroatoms. The summed E-state index contributed by atoms with van der Waals surface area (Å²) < 4.78 is 11.6. The summed E-state index contributed by atoms with van der Waals surface area (Å²) in [5.74, 6) is 0.0775. The Morgan fingerprint density at radius 2 is 1.54 bits per heavy atom. The summed E-state index contributed by atoms with van der Waals surface area (Å²) in [4.78, 5) is 51.5. The van der Waals surface area contributed by atoms with E-state index in [0.29, 0.717) is 6.42 Å². The first-order valence-corrected chi connectivity index (χ1v) is 13.9. The molecule has 0 heterocycles. The van der Waals surface area contributed by atoms with E-state index in [1.807, 2.05) is 12.2 Å². The van der Waals surface area contributed by atoms with Crippen LogP contribution in [0.2, 0.25) is 0 Å². The van der Waals surface area contributed by atoms with Crippen LogP contribution in [0.4, 0.5) is 0 Å². The number of allylic oxidation sites excluding steroid dienone is 2. The molecule has 7 saturated carbocycles. The predicted octanol–water partition coefficient (Wildman–Crippen LogP) is 3.91. The first kappa shape index (κ1) is 22.2. The fourth-order valence-electron chi connectivity index (χ4n) is 10.6. The van der Waals surface area contributed by atoms with Gasteiger partial charge in [0.15, 0.2) is 6.61 Å². The summed E-state index contributed by atoms with van der Waals surface area (Å²) in [5, 5.41) is 0. The van der Waals surface area contributed by atoms with Crippen LogP contribution in [0.15, 0.2) is 12.2 Å². The minimum Gasteiger partial charge on any atom is -0.456 e. The SMILES string of the molecule is CCC(C)(OC(=O)COC(=O)C1CC2C(=O)C1C1C3C=CC(C3=O)C21)C12CC3CC(CC(C3)C1)C2. The van der Waals surface area contributed by atoms with Crippen molar-refractivity contribution >= 4 is 23.5 Å². The predicted molar refractivity (Wildman–Crippen MR) is 125 cm³/mol. The van der Waals surface area contributed by atoms with E-state index in [2.05, 4.69) is 13.8 Å². The lowest BCUT2D eigenvalue weighted by atomic mass is 9.45. The molecular formula is C29H36O6. The Morgan fingerprint density at radius 1 is 0.943 bits per heavy atom. The molecule has 0 aromatic rings. The van der Waals surface area contributed by atoms with Crippen LogP contribution in [0, 0.1) is 64.6 Å². The van der Waals surface area contributed by atoms with Crippen LogP contribution in [-0.4, -0.2) is 35.7 Å². The van der Waals surface area contributed by atoms with Gasteiger partial charge in [0, 0.05) is 29.1 Å². The molecule has 0 aromatic carbocycles. The van der Waals surface area contributed by atoms with Gasteiger partial charge >= 0.3 is 11.9 Å². The molecule has 8 rings (SSSR count). The summed E-state index contributed by atoms with van der Waals surface area (Å²) in [6, 6.07) is 0. The van der Waals surface area contributed by atoms with Crippen molar-refractivity contribution < 1.29 is 28.7 Å². The van der Waals surface area contributed by atoms with Crippen LogP contribution < -0.4 is 0 Å². The van der Waals surface area contributed by atoms with Crippen molar-refractivity contribution in [3.05, 3.63) is 12.2 Å². The summed E-state index contributed by atoms with van der Waals surface area (Å²) in [6.45, 7) is 3.79. The smallest absolute Gasteiger partial charge is 0.344 e. The van der Waals surface area contributed by atoms with Crippen LogP contribution >= 0.6 is 0 Å². The van der Waals surface area contributed by atoms with Gasteiger partial charge in [-0.2, -0.15) is 0 Å². The Kier molecular flexibility index (Phi) is 4.63.